The van der Waals surface area contributed by atoms with E-state index in [4.69, 9.17) is 4.74 Å². The Hall–Kier alpha value is -4.00. The summed E-state index contributed by atoms with van der Waals surface area (Å²) in [6, 6.07) is 20.1. The van der Waals surface area contributed by atoms with E-state index >= 15 is 0 Å². The number of pyridine rings is 1. The van der Waals surface area contributed by atoms with Gasteiger partial charge in [-0.3, -0.25) is 9.36 Å². The highest BCUT2D eigenvalue weighted by atomic mass is 16.5. The number of rotatable bonds is 6. The van der Waals surface area contributed by atoms with Gasteiger partial charge in [0.2, 0.25) is 5.95 Å². The van der Waals surface area contributed by atoms with Crippen LogP contribution in [0.3, 0.4) is 0 Å². The van der Waals surface area contributed by atoms with Gasteiger partial charge in [-0.1, -0.05) is 42.5 Å². The molecular formula is C24H22N4O3. The van der Waals surface area contributed by atoms with Gasteiger partial charge in [0.15, 0.2) is 0 Å². The Morgan fingerprint density at radius 1 is 1.06 bits per heavy atom. The second kappa shape index (κ2) is 8.79. The zero-order valence-corrected chi connectivity index (χ0v) is 17.3. The molecule has 0 saturated heterocycles. The second-order valence-corrected chi connectivity index (χ2v) is 7.20. The molecule has 2 aromatic carbocycles. The third-order valence-electron chi connectivity index (χ3n) is 5.08. The maximum Gasteiger partial charge on any atom is 0.337 e. The van der Waals surface area contributed by atoms with Crippen molar-refractivity contribution in [3.63, 3.8) is 0 Å². The van der Waals surface area contributed by atoms with Gasteiger partial charge in [-0.25, -0.2) is 9.78 Å². The van der Waals surface area contributed by atoms with E-state index < -0.39 is 0 Å². The van der Waals surface area contributed by atoms with Crippen molar-refractivity contribution in [3.8, 4) is 0 Å². The Kier molecular flexibility index (Phi) is 5.75. The molecular weight excluding hydrogens is 392 g/mol. The van der Waals surface area contributed by atoms with Crippen LogP contribution in [0, 0.1) is 0 Å². The van der Waals surface area contributed by atoms with Crippen molar-refractivity contribution in [2.45, 2.75) is 19.5 Å². The first kappa shape index (κ1) is 20.3. The summed E-state index contributed by atoms with van der Waals surface area (Å²) in [5.74, 6) is 0.0471. The van der Waals surface area contributed by atoms with Gasteiger partial charge in [-0.2, -0.15) is 4.98 Å². The van der Waals surface area contributed by atoms with Crippen molar-refractivity contribution in [3.05, 3.63) is 100.0 Å². The molecule has 0 saturated carbocycles. The van der Waals surface area contributed by atoms with Crippen LogP contribution in [-0.2, 0) is 11.3 Å². The van der Waals surface area contributed by atoms with Crippen LogP contribution in [-0.4, -0.2) is 27.6 Å². The van der Waals surface area contributed by atoms with Crippen LogP contribution in [0.2, 0.25) is 0 Å². The zero-order valence-electron chi connectivity index (χ0n) is 17.3. The van der Waals surface area contributed by atoms with E-state index in [0.717, 1.165) is 16.5 Å². The number of carbonyl (C=O) groups excluding carboxylic acids is 1. The van der Waals surface area contributed by atoms with Gasteiger partial charge in [0, 0.05) is 17.6 Å². The van der Waals surface area contributed by atoms with Gasteiger partial charge in [0.25, 0.3) is 5.56 Å². The fourth-order valence-electron chi connectivity index (χ4n) is 3.36. The van der Waals surface area contributed by atoms with Crippen molar-refractivity contribution >= 4 is 23.0 Å². The molecule has 0 bridgehead atoms. The monoisotopic (exact) mass is 414 g/mol. The molecule has 1 unspecified atom stereocenters. The van der Waals surface area contributed by atoms with E-state index in [-0.39, 0.29) is 17.6 Å². The fourth-order valence-corrected chi connectivity index (χ4v) is 3.36. The molecule has 4 rings (SSSR count). The minimum absolute atomic E-state index is 0.109. The highest BCUT2D eigenvalue weighted by Gasteiger charge is 2.12. The Bertz CT molecular complexity index is 1270. The van der Waals surface area contributed by atoms with Gasteiger partial charge >= 0.3 is 5.97 Å². The summed E-state index contributed by atoms with van der Waals surface area (Å²) < 4.78 is 6.38. The summed E-state index contributed by atoms with van der Waals surface area (Å²) in [6.07, 6.45) is 1.71. The van der Waals surface area contributed by atoms with Crippen molar-refractivity contribution in [2.24, 2.45) is 0 Å². The number of hydrogen-bond donors (Lipinski definition) is 1. The van der Waals surface area contributed by atoms with Crippen molar-refractivity contribution < 1.29 is 9.53 Å². The third-order valence-corrected chi connectivity index (χ3v) is 5.08. The van der Waals surface area contributed by atoms with Crippen molar-refractivity contribution in [2.75, 3.05) is 12.4 Å². The summed E-state index contributed by atoms with van der Waals surface area (Å²) in [4.78, 5) is 33.2. The molecule has 31 heavy (non-hydrogen) atoms. The zero-order chi connectivity index (χ0) is 21.8. The molecule has 7 nitrogen and oxygen atoms in total. The second-order valence-electron chi connectivity index (χ2n) is 7.20. The average Bonchev–Trinajstić information content (AvgIpc) is 2.81. The molecule has 0 fully saturated rings. The van der Waals surface area contributed by atoms with E-state index in [0.29, 0.717) is 23.7 Å². The first-order valence-corrected chi connectivity index (χ1v) is 9.90. The standard InChI is InChI=1S/C24H22N4O3/c1-16(18-8-10-19(11-9-18)23(30)31-2)26-24-25-14-20-12-13-21(29)28(22(20)27-24)15-17-6-4-3-5-7-17/h3-14,16H,15H2,1-2H3,(H,25,26,27). The molecule has 0 aliphatic heterocycles. The van der Waals surface area contributed by atoms with Crippen molar-refractivity contribution in [1.29, 1.82) is 0 Å². The first-order chi connectivity index (χ1) is 15.0. The number of nitrogens with zero attached hydrogens (tertiary/aromatic N) is 3. The van der Waals surface area contributed by atoms with Crippen LogP contribution in [0.1, 0.15) is 34.5 Å². The minimum Gasteiger partial charge on any atom is -0.465 e. The molecule has 0 amide bonds. The smallest absolute Gasteiger partial charge is 0.337 e. The lowest BCUT2D eigenvalue weighted by atomic mass is 10.1. The largest absolute Gasteiger partial charge is 0.465 e. The number of methoxy groups -OCH3 is 1. The predicted octanol–water partition coefficient (Wildman–Crippen LogP) is 3.80. The number of fused-ring (bicyclic) bond motifs is 1. The summed E-state index contributed by atoms with van der Waals surface area (Å²) >= 11 is 0. The summed E-state index contributed by atoms with van der Waals surface area (Å²) in [7, 11) is 1.36. The van der Waals surface area contributed by atoms with Crippen LogP contribution in [0.5, 0.6) is 0 Å². The molecule has 4 aromatic rings. The molecule has 0 spiro atoms. The average molecular weight is 414 g/mol. The number of benzene rings is 2. The number of esters is 1. The summed E-state index contributed by atoms with van der Waals surface area (Å²) in [6.45, 7) is 2.40. The van der Waals surface area contributed by atoms with Crippen LogP contribution in [0.15, 0.2) is 77.7 Å². The Morgan fingerprint density at radius 3 is 2.52 bits per heavy atom. The van der Waals surface area contributed by atoms with E-state index in [9.17, 15) is 9.59 Å². The maximum atomic E-state index is 12.5. The predicted molar refractivity (Wildman–Crippen MR) is 119 cm³/mol. The Labute approximate surface area is 179 Å². The van der Waals surface area contributed by atoms with Crippen LogP contribution in [0.4, 0.5) is 5.95 Å². The number of anilines is 1. The molecule has 0 aliphatic carbocycles. The number of nitrogens with one attached hydrogen (secondary N) is 1. The SMILES string of the molecule is COC(=O)c1ccc(C(C)Nc2ncc3ccc(=O)n(Cc4ccccc4)c3n2)cc1. The Morgan fingerprint density at radius 2 is 1.81 bits per heavy atom. The minimum atomic E-state index is -0.374. The lowest BCUT2D eigenvalue weighted by Gasteiger charge is -2.16. The van der Waals surface area contributed by atoms with Gasteiger partial charge < -0.3 is 10.1 Å². The maximum absolute atomic E-state index is 12.5. The molecule has 0 aliphatic rings. The first-order valence-electron chi connectivity index (χ1n) is 9.90. The van der Waals surface area contributed by atoms with E-state index in [2.05, 4.69) is 15.3 Å². The van der Waals surface area contributed by atoms with E-state index in [1.54, 1.807) is 29.0 Å². The van der Waals surface area contributed by atoms with Gasteiger partial charge in [0.1, 0.15) is 5.65 Å². The van der Waals surface area contributed by atoms with Gasteiger partial charge in [-0.05, 0) is 36.2 Å². The van der Waals surface area contributed by atoms with Crippen LogP contribution < -0.4 is 10.9 Å². The summed E-state index contributed by atoms with van der Waals surface area (Å²) in [5, 5.41) is 4.06. The molecule has 1 N–H and O–H groups in total. The van der Waals surface area contributed by atoms with Crippen LogP contribution in [0.25, 0.3) is 11.0 Å². The van der Waals surface area contributed by atoms with Crippen molar-refractivity contribution in [1.82, 2.24) is 14.5 Å². The number of aromatic nitrogens is 3. The topological polar surface area (TPSA) is 86.1 Å². The van der Waals surface area contributed by atoms with E-state index in [1.165, 1.54) is 13.2 Å². The molecule has 1 atom stereocenters. The molecule has 0 radical (unpaired) electrons. The summed E-state index contributed by atoms with van der Waals surface area (Å²) in [5.41, 5.74) is 2.93. The van der Waals surface area contributed by atoms with E-state index in [1.807, 2.05) is 49.4 Å². The van der Waals surface area contributed by atoms with Gasteiger partial charge in [0.05, 0.1) is 25.3 Å². The number of hydrogen-bond acceptors (Lipinski definition) is 6. The highest BCUT2D eigenvalue weighted by Crippen LogP contribution is 2.19. The van der Waals surface area contributed by atoms with Crippen LogP contribution >= 0.6 is 0 Å². The normalized spacial score (nSPS) is 11.8. The number of carbonyl (C=O) groups is 1. The highest BCUT2D eigenvalue weighted by molar-refractivity contribution is 5.89. The molecule has 156 valence electrons. The van der Waals surface area contributed by atoms with Gasteiger partial charge in [-0.15, -0.1) is 0 Å². The quantitative estimate of drug-likeness (QED) is 0.483. The molecule has 2 heterocycles. The fraction of sp³-hybridized carbons (Fsp3) is 0.167. The lowest BCUT2D eigenvalue weighted by Crippen LogP contribution is -2.21. The molecule has 2 aromatic heterocycles. The Balaban J connectivity index is 1.62. The third kappa shape index (κ3) is 4.45. The molecule has 7 heteroatoms. The lowest BCUT2D eigenvalue weighted by molar-refractivity contribution is 0.0600. The number of ether oxygens (including phenoxy) is 1.